The summed E-state index contributed by atoms with van der Waals surface area (Å²) in [6.07, 6.45) is 2.97. The Hall–Kier alpha value is -1.75. The van der Waals surface area contributed by atoms with Gasteiger partial charge in [0.1, 0.15) is 11.5 Å². The third kappa shape index (κ3) is 3.91. The molecule has 2 rings (SSSR count). The molecule has 0 radical (unpaired) electrons. The number of hydrogen-bond acceptors (Lipinski definition) is 5. The number of aromatic nitrogens is 1. The van der Waals surface area contributed by atoms with Crippen molar-refractivity contribution < 1.29 is 9.47 Å². The SMILES string of the molecule is CCCc1nc(N)sc1C(C)Cc1cc(OC)cc(OC)c1. The molecular weight excluding hydrogens is 296 g/mol. The maximum absolute atomic E-state index is 5.90. The molecule has 2 aromatic rings. The molecule has 0 saturated heterocycles. The van der Waals surface area contributed by atoms with Crippen LogP contribution in [0.3, 0.4) is 0 Å². The molecule has 2 N–H and O–H groups in total. The Balaban J connectivity index is 2.23. The summed E-state index contributed by atoms with van der Waals surface area (Å²) in [4.78, 5) is 5.77. The first-order valence-electron chi connectivity index (χ1n) is 7.54. The zero-order valence-corrected chi connectivity index (χ0v) is 14.5. The van der Waals surface area contributed by atoms with Crippen molar-refractivity contribution in [2.24, 2.45) is 0 Å². The molecule has 120 valence electrons. The van der Waals surface area contributed by atoms with E-state index in [4.69, 9.17) is 15.2 Å². The maximum Gasteiger partial charge on any atom is 0.180 e. The zero-order valence-electron chi connectivity index (χ0n) is 13.7. The molecule has 1 atom stereocenters. The van der Waals surface area contributed by atoms with E-state index in [1.165, 1.54) is 10.4 Å². The molecule has 22 heavy (non-hydrogen) atoms. The predicted molar refractivity (Wildman–Crippen MR) is 92.2 cm³/mol. The number of anilines is 1. The van der Waals surface area contributed by atoms with Crippen molar-refractivity contribution in [1.29, 1.82) is 0 Å². The average molecular weight is 320 g/mol. The predicted octanol–water partition coefficient (Wildman–Crippen LogP) is 4.04. The normalized spacial score (nSPS) is 12.2. The summed E-state index contributed by atoms with van der Waals surface area (Å²) in [6.45, 7) is 4.38. The minimum atomic E-state index is 0.369. The van der Waals surface area contributed by atoms with E-state index in [9.17, 15) is 0 Å². The summed E-state index contributed by atoms with van der Waals surface area (Å²) in [5.74, 6) is 2.01. The first kappa shape index (κ1) is 16.6. The van der Waals surface area contributed by atoms with Crippen LogP contribution < -0.4 is 15.2 Å². The lowest BCUT2D eigenvalue weighted by molar-refractivity contribution is 0.393. The molecule has 1 heterocycles. The molecule has 5 heteroatoms. The molecule has 1 aromatic carbocycles. The zero-order chi connectivity index (χ0) is 16.1. The van der Waals surface area contributed by atoms with E-state index in [1.54, 1.807) is 25.6 Å². The van der Waals surface area contributed by atoms with E-state index in [0.717, 1.165) is 36.5 Å². The van der Waals surface area contributed by atoms with Crippen LogP contribution in [-0.4, -0.2) is 19.2 Å². The van der Waals surface area contributed by atoms with E-state index in [1.807, 2.05) is 6.07 Å². The van der Waals surface area contributed by atoms with E-state index in [2.05, 4.69) is 31.0 Å². The maximum atomic E-state index is 5.90. The highest BCUT2D eigenvalue weighted by Gasteiger charge is 2.17. The van der Waals surface area contributed by atoms with Gasteiger partial charge in [0.2, 0.25) is 0 Å². The summed E-state index contributed by atoms with van der Waals surface area (Å²) in [7, 11) is 3.34. The number of nitrogens with two attached hydrogens (primary N) is 1. The third-order valence-corrected chi connectivity index (χ3v) is 4.79. The van der Waals surface area contributed by atoms with Crippen LogP contribution in [0.25, 0.3) is 0 Å². The summed E-state index contributed by atoms with van der Waals surface area (Å²) in [5, 5.41) is 0.661. The number of rotatable bonds is 7. The number of ether oxygens (including phenoxy) is 2. The Labute approximate surface area is 136 Å². The van der Waals surface area contributed by atoms with Crippen LogP contribution in [0, 0.1) is 0 Å². The standard InChI is InChI=1S/C17H24N2O2S/c1-5-6-15-16(22-17(18)19-15)11(2)7-12-8-13(20-3)10-14(9-12)21-4/h8-11H,5-7H2,1-4H3,(H2,18,19). The molecular formula is C17H24N2O2S. The van der Waals surface area contributed by atoms with Gasteiger partial charge in [-0.2, -0.15) is 0 Å². The Kier molecular flexibility index (Phi) is 5.66. The molecule has 0 fully saturated rings. The second-order valence-electron chi connectivity index (χ2n) is 5.44. The van der Waals surface area contributed by atoms with Crippen LogP contribution in [0.5, 0.6) is 11.5 Å². The quantitative estimate of drug-likeness (QED) is 0.836. The molecule has 0 bridgehead atoms. The highest BCUT2D eigenvalue weighted by Crippen LogP contribution is 2.33. The summed E-state index contributed by atoms with van der Waals surface area (Å²) in [5.41, 5.74) is 8.24. The number of nitrogen functional groups attached to an aromatic ring is 1. The number of thiazole rings is 1. The van der Waals surface area contributed by atoms with Gasteiger partial charge in [-0.25, -0.2) is 4.98 Å². The van der Waals surface area contributed by atoms with E-state index < -0.39 is 0 Å². The van der Waals surface area contributed by atoms with Gasteiger partial charge in [-0.1, -0.05) is 20.3 Å². The lowest BCUT2D eigenvalue weighted by Crippen LogP contribution is -2.01. The van der Waals surface area contributed by atoms with Gasteiger partial charge in [0.15, 0.2) is 5.13 Å². The van der Waals surface area contributed by atoms with Crippen LogP contribution >= 0.6 is 11.3 Å². The van der Waals surface area contributed by atoms with Crippen molar-refractivity contribution in [1.82, 2.24) is 4.98 Å². The number of aryl methyl sites for hydroxylation is 1. The van der Waals surface area contributed by atoms with Gasteiger partial charge in [0.05, 0.1) is 19.9 Å². The minimum absolute atomic E-state index is 0.369. The first-order chi connectivity index (χ1) is 10.6. The molecule has 1 aromatic heterocycles. The van der Waals surface area contributed by atoms with Gasteiger partial charge in [0, 0.05) is 10.9 Å². The third-order valence-electron chi connectivity index (χ3n) is 3.63. The van der Waals surface area contributed by atoms with Crippen molar-refractivity contribution in [3.8, 4) is 11.5 Å². The van der Waals surface area contributed by atoms with Crippen molar-refractivity contribution in [3.63, 3.8) is 0 Å². The largest absolute Gasteiger partial charge is 0.497 e. The van der Waals surface area contributed by atoms with Crippen LogP contribution in [0.15, 0.2) is 18.2 Å². The summed E-state index contributed by atoms with van der Waals surface area (Å²) < 4.78 is 10.7. The number of methoxy groups -OCH3 is 2. The van der Waals surface area contributed by atoms with Gasteiger partial charge in [-0.05, 0) is 36.5 Å². The molecule has 0 spiro atoms. The number of nitrogens with zero attached hydrogens (tertiary/aromatic N) is 1. The van der Waals surface area contributed by atoms with Gasteiger partial charge in [0.25, 0.3) is 0 Å². The van der Waals surface area contributed by atoms with E-state index in [-0.39, 0.29) is 0 Å². The van der Waals surface area contributed by atoms with Crippen LogP contribution in [0.2, 0.25) is 0 Å². The van der Waals surface area contributed by atoms with E-state index in [0.29, 0.717) is 11.0 Å². The Bertz CT molecular complexity index is 603. The highest BCUT2D eigenvalue weighted by atomic mass is 32.1. The second-order valence-corrected chi connectivity index (χ2v) is 6.50. The van der Waals surface area contributed by atoms with Crippen molar-refractivity contribution in [2.45, 2.75) is 39.0 Å². The van der Waals surface area contributed by atoms with Crippen LogP contribution in [-0.2, 0) is 12.8 Å². The lowest BCUT2D eigenvalue weighted by atomic mass is 9.97. The molecule has 1 unspecified atom stereocenters. The van der Waals surface area contributed by atoms with Gasteiger partial charge in [-0.3, -0.25) is 0 Å². The molecule has 0 aliphatic heterocycles. The highest BCUT2D eigenvalue weighted by molar-refractivity contribution is 7.15. The molecule has 4 nitrogen and oxygen atoms in total. The van der Waals surface area contributed by atoms with Crippen LogP contribution in [0.4, 0.5) is 5.13 Å². The topological polar surface area (TPSA) is 57.4 Å². The summed E-state index contributed by atoms with van der Waals surface area (Å²) >= 11 is 1.61. The fraction of sp³-hybridized carbons (Fsp3) is 0.471. The lowest BCUT2D eigenvalue weighted by Gasteiger charge is -2.13. The molecule has 0 aliphatic rings. The molecule has 0 amide bonds. The van der Waals surface area contributed by atoms with Crippen molar-refractivity contribution >= 4 is 16.5 Å². The van der Waals surface area contributed by atoms with Gasteiger partial charge < -0.3 is 15.2 Å². The summed E-state index contributed by atoms with van der Waals surface area (Å²) in [6, 6.07) is 6.01. The number of hydrogen-bond donors (Lipinski definition) is 1. The van der Waals surface area contributed by atoms with Crippen molar-refractivity contribution in [3.05, 3.63) is 34.3 Å². The van der Waals surface area contributed by atoms with Gasteiger partial charge in [-0.15, -0.1) is 11.3 Å². The molecule has 0 saturated carbocycles. The monoisotopic (exact) mass is 320 g/mol. The Morgan fingerprint density at radius 1 is 1.18 bits per heavy atom. The van der Waals surface area contributed by atoms with Crippen molar-refractivity contribution in [2.75, 3.05) is 20.0 Å². The number of benzene rings is 1. The fourth-order valence-corrected chi connectivity index (χ4v) is 3.55. The second kappa shape index (κ2) is 7.49. The van der Waals surface area contributed by atoms with Gasteiger partial charge >= 0.3 is 0 Å². The van der Waals surface area contributed by atoms with Crippen LogP contribution in [0.1, 0.15) is 42.3 Å². The van der Waals surface area contributed by atoms with E-state index >= 15 is 0 Å². The minimum Gasteiger partial charge on any atom is -0.497 e. The first-order valence-corrected chi connectivity index (χ1v) is 8.36. The average Bonchev–Trinajstić information content (AvgIpc) is 2.88. The molecule has 0 aliphatic carbocycles. The fourth-order valence-electron chi connectivity index (χ4n) is 2.61. The Morgan fingerprint density at radius 3 is 2.36 bits per heavy atom. The smallest absolute Gasteiger partial charge is 0.180 e. The Morgan fingerprint density at radius 2 is 1.82 bits per heavy atom.